The van der Waals surface area contributed by atoms with Crippen LogP contribution in [0, 0.1) is 5.82 Å². The number of hydrogen-bond donors (Lipinski definition) is 2. The van der Waals surface area contributed by atoms with Crippen molar-refractivity contribution in [2.24, 2.45) is 0 Å². The summed E-state index contributed by atoms with van der Waals surface area (Å²) in [4.78, 5) is 29.2. The number of para-hydroxylation sites is 1. The van der Waals surface area contributed by atoms with Crippen molar-refractivity contribution in [1.82, 2.24) is 20.4 Å². The largest absolute Gasteiger partial charge is 0.496 e. The number of ether oxygens (including phenoxy) is 1. The van der Waals surface area contributed by atoms with Gasteiger partial charge < -0.3 is 20.3 Å². The van der Waals surface area contributed by atoms with E-state index in [0.29, 0.717) is 5.75 Å². The van der Waals surface area contributed by atoms with Crippen LogP contribution in [0.3, 0.4) is 0 Å². The van der Waals surface area contributed by atoms with Crippen LogP contribution in [0.4, 0.5) is 4.39 Å². The summed E-state index contributed by atoms with van der Waals surface area (Å²) in [6.07, 6.45) is 0. The topological polar surface area (TPSA) is 73.9 Å². The molecule has 0 spiro atoms. The van der Waals surface area contributed by atoms with Crippen molar-refractivity contribution in [3.8, 4) is 5.75 Å². The highest BCUT2D eigenvalue weighted by Crippen LogP contribution is 2.22. The van der Waals surface area contributed by atoms with E-state index >= 15 is 0 Å². The standard InChI is InChI=1S/C23H29FN4O3/c1-27-11-13-28(14-12-27)20(17-7-9-19(24)10-8-17)16-26-23(30)22(29)25-15-18-5-3-4-6-21(18)31-2/h3-10,20H,11-16H2,1-2H3,(H,25,29)(H,26,30)/t20-/m0/s1. The van der Waals surface area contributed by atoms with Gasteiger partial charge in [0.25, 0.3) is 0 Å². The van der Waals surface area contributed by atoms with Crippen molar-refractivity contribution >= 4 is 11.8 Å². The van der Waals surface area contributed by atoms with Crippen molar-refractivity contribution in [3.63, 3.8) is 0 Å². The van der Waals surface area contributed by atoms with Crippen LogP contribution in [-0.4, -0.2) is 68.5 Å². The maximum absolute atomic E-state index is 13.4. The average Bonchev–Trinajstić information content (AvgIpc) is 2.79. The molecular formula is C23H29FN4O3. The molecule has 1 saturated heterocycles. The first kappa shape index (κ1) is 22.7. The van der Waals surface area contributed by atoms with Crippen LogP contribution in [0.25, 0.3) is 0 Å². The molecule has 1 heterocycles. The Morgan fingerprint density at radius 1 is 1.00 bits per heavy atom. The summed E-state index contributed by atoms with van der Waals surface area (Å²) in [5.74, 6) is -1.06. The highest BCUT2D eigenvalue weighted by molar-refractivity contribution is 6.35. The zero-order valence-corrected chi connectivity index (χ0v) is 17.9. The van der Waals surface area contributed by atoms with E-state index in [0.717, 1.165) is 37.3 Å². The molecule has 2 aromatic rings. The van der Waals surface area contributed by atoms with Crippen LogP contribution in [0.5, 0.6) is 5.75 Å². The van der Waals surface area contributed by atoms with E-state index in [1.165, 1.54) is 12.1 Å². The number of carbonyl (C=O) groups is 2. The number of halogens is 1. The predicted octanol–water partition coefficient (Wildman–Crippen LogP) is 1.56. The van der Waals surface area contributed by atoms with E-state index in [1.807, 2.05) is 18.2 Å². The summed E-state index contributed by atoms with van der Waals surface area (Å²) in [5.41, 5.74) is 1.69. The lowest BCUT2D eigenvalue weighted by atomic mass is 10.0. The molecule has 0 saturated carbocycles. The van der Waals surface area contributed by atoms with E-state index in [4.69, 9.17) is 4.74 Å². The summed E-state index contributed by atoms with van der Waals surface area (Å²) >= 11 is 0. The molecule has 0 unspecified atom stereocenters. The fourth-order valence-corrected chi connectivity index (χ4v) is 3.65. The van der Waals surface area contributed by atoms with Crippen LogP contribution in [0.2, 0.25) is 0 Å². The Balaban J connectivity index is 1.60. The number of methoxy groups -OCH3 is 1. The smallest absolute Gasteiger partial charge is 0.309 e. The second-order valence-electron chi connectivity index (χ2n) is 7.61. The van der Waals surface area contributed by atoms with Gasteiger partial charge in [-0.3, -0.25) is 14.5 Å². The predicted molar refractivity (Wildman–Crippen MR) is 116 cm³/mol. The third kappa shape index (κ3) is 6.26. The highest BCUT2D eigenvalue weighted by Gasteiger charge is 2.25. The molecule has 8 heteroatoms. The molecule has 1 aliphatic rings. The molecule has 1 fully saturated rings. The summed E-state index contributed by atoms with van der Waals surface area (Å²) in [7, 11) is 3.62. The monoisotopic (exact) mass is 428 g/mol. The maximum atomic E-state index is 13.4. The number of piperazine rings is 1. The van der Waals surface area contributed by atoms with E-state index in [1.54, 1.807) is 25.3 Å². The fraction of sp³-hybridized carbons (Fsp3) is 0.391. The first-order valence-electron chi connectivity index (χ1n) is 10.3. The van der Waals surface area contributed by atoms with Crippen LogP contribution in [0.15, 0.2) is 48.5 Å². The number of benzene rings is 2. The molecule has 1 atom stereocenters. The van der Waals surface area contributed by atoms with Gasteiger partial charge in [0.1, 0.15) is 11.6 Å². The van der Waals surface area contributed by atoms with Crippen molar-refractivity contribution in [2.45, 2.75) is 12.6 Å². The highest BCUT2D eigenvalue weighted by atomic mass is 19.1. The van der Waals surface area contributed by atoms with E-state index in [9.17, 15) is 14.0 Å². The van der Waals surface area contributed by atoms with Gasteiger partial charge in [0, 0.05) is 44.8 Å². The Hall–Kier alpha value is -2.97. The third-order valence-electron chi connectivity index (χ3n) is 5.53. The van der Waals surface area contributed by atoms with Gasteiger partial charge in [-0.25, -0.2) is 4.39 Å². The summed E-state index contributed by atoms with van der Waals surface area (Å²) < 4.78 is 18.7. The summed E-state index contributed by atoms with van der Waals surface area (Å²) in [5, 5.41) is 5.37. The number of hydrogen-bond acceptors (Lipinski definition) is 5. The fourth-order valence-electron chi connectivity index (χ4n) is 3.65. The SMILES string of the molecule is COc1ccccc1CNC(=O)C(=O)NC[C@@H](c1ccc(F)cc1)N1CCN(C)CC1. The Labute approximate surface area is 182 Å². The normalized spacial score (nSPS) is 15.8. The molecule has 7 nitrogen and oxygen atoms in total. The summed E-state index contributed by atoms with van der Waals surface area (Å²) in [6, 6.07) is 13.5. The molecule has 3 rings (SSSR count). The molecule has 2 N–H and O–H groups in total. The molecule has 2 amide bonds. The Morgan fingerprint density at radius 3 is 2.32 bits per heavy atom. The van der Waals surface area contributed by atoms with Crippen molar-refractivity contribution in [3.05, 3.63) is 65.5 Å². The second kappa shape index (κ2) is 10.9. The number of nitrogens with one attached hydrogen (secondary N) is 2. The van der Waals surface area contributed by atoms with Gasteiger partial charge >= 0.3 is 11.8 Å². The lowest BCUT2D eigenvalue weighted by Crippen LogP contribution is -2.49. The van der Waals surface area contributed by atoms with E-state index in [-0.39, 0.29) is 24.9 Å². The van der Waals surface area contributed by atoms with Gasteiger partial charge in [0.2, 0.25) is 0 Å². The molecule has 0 aromatic heterocycles. The molecule has 0 bridgehead atoms. The molecule has 166 valence electrons. The van der Waals surface area contributed by atoms with Gasteiger partial charge in [-0.15, -0.1) is 0 Å². The Morgan fingerprint density at radius 2 is 1.65 bits per heavy atom. The number of amides is 2. The van der Waals surface area contributed by atoms with Crippen LogP contribution >= 0.6 is 0 Å². The van der Waals surface area contributed by atoms with Gasteiger partial charge in [-0.1, -0.05) is 30.3 Å². The van der Waals surface area contributed by atoms with Crippen LogP contribution in [0.1, 0.15) is 17.2 Å². The minimum Gasteiger partial charge on any atom is -0.496 e. The average molecular weight is 429 g/mol. The van der Waals surface area contributed by atoms with Gasteiger partial charge in [-0.05, 0) is 30.8 Å². The molecule has 2 aromatic carbocycles. The van der Waals surface area contributed by atoms with Crippen molar-refractivity contribution in [1.29, 1.82) is 0 Å². The Kier molecular flexibility index (Phi) is 7.97. The number of rotatable bonds is 7. The second-order valence-corrected chi connectivity index (χ2v) is 7.61. The molecular weight excluding hydrogens is 399 g/mol. The molecule has 0 radical (unpaired) electrons. The van der Waals surface area contributed by atoms with Crippen molar-refractivity contribution < 1.29 is 18.7 Å². The zero-order valence-electron chi connectivity index (χ0n) is 17.9. The van der Waals surface area contributed by atoms with Gasteiger partial charge in [0.05, 0.1) is 13.2 Å². The Bertz CT molecular complexity index is 883. The third-order valence-corrected chi connectivity index (χ3v) is 5.53. The van der Waals surface area contributed by atoms with Crippen LogP contribution in [-0.2, 0) is 16.1 Å². The van der Waals surface area contributed by atoms with Crippen molar-refractivity contribution in [2.75, 3.05) is 46.9 Å². The quantitative estimate of drug-likeness (QED) is 0.655. The maximum Gasteiger partial charge on any atom is 0.309 e. The minimum absolute atomic E-state index is 0.139. The zero-order chi connectivity index (χ0) is 22.2. The first-order chi connectivity index (χ1) is 15.0. The van der Waals surface area contributed by atoms with Gasteiger partial charge in [0.15, 0.2) is 0 Å². The molecule has 31 heavy (non-hydrogen) atoms. The van der Waals surface area contributed by atoms with E-state index < -0.39 is 11.8 Å². The lowest BCUT2D eigenvalue weighted by Gasteiger charge is -2.38. The van der Waals surface area contributed by atoms with Crippen LogP contribution < -0.4 is 15.4 Å². The van der Waals surface area contributed by atoms with E-state index in [2.05, 4.69) is 27.5 Å². The summed E-state index contributed by atoms with van der Waals surface area (Å²) in [6.45, 7) is 3.92. The lowest BCUT2D eigenvalue weighted by molar-refractivity contribution is -0.139. The van der Waals surface area contributed by atoms with Gasteiger partial charge in [-0.2, -0.15) is 0 Å². The molecule has 0 aliphatic carbocycles. The molecule has 1 aliphatic heterocycles. The first-order valence-corrected chi connectivity index (χ1v) is 10.3. The number of nitrogens with zero attached hydrogens (tertiary/aromatic N) is 2. The number of carbonyl (C=O) groups excluding carboxylic acids is 2. The minimum atomic E-state index is -0.706. The number of likely N-dealkylation sites (N-methyl/N-ethyl adjacent to an activating group) is 1.